The monoisotopic (exact) mass is 410 g/mol. The molecular weight excluding hydrogens is 384 g/mol. The van der Waals surface area contributed by atoms with Crippen LogP contribution in [-0.4, -0.2) is 41.6 Å². The van der Waals surface area contributed by atoms with Gasteiger partial charge in [-0.2, -0.15) is 0 Å². The van der Waals surface area contributed by atoms with Gasteiger partial charge in [0.1, 0.15) is 0 Å². The summed E-state index contributed by atoms with van der Waals surface area (Å²) in [5, 5.41) is 0.304. The fourth-order valence-electron chi connectivity index (χ4n) is 2.28. The molecule has 0 radical (unpaired) electrons. The molecule has 0 N–H and O–H groups in total. The van der Waals surface area contributed by atoms with Crippen molar-refractivity contribution in [2.45, 2.75) is 38.4 Å². The summed E-state index contributed by atoms with van der Waals surface area (Å²) in [7, 11) is -6.41. The molecule has 0 bridgehead atoms. The number of ether oxygens (including phenoxy) is 2. The van der Waals surface area contributed by atoms with Gasteiger partial charge in [-0.15, -0.1) is 0 Å². The number of allylic oxidation sites excluding steroid dienone is 1. The van der Waals surface area contributed by atoms with Crippen LogP contribution in [0.2, 0.25) is 19.6 Å². The predicted molar refractivity (Wildman–Crippen MR) is 106 cm³/mol. The summed E-state index contributed by atoms with van der Waals surface area (Å²) in [6.07, 6.45) is 2.14. The van der Waals surface area contributed by atoms with E-state index in [4.69, 9.17) is 9.47 Å². The van der Waals surface area contributed by atoms with Gasteiger partial charge in [-0.1, -0.05) is 37.8 Å². The molecule has 1 aromatic carbocycles. The molecule has 0 aliphatic carbocycles. The molecule has 148 valence electrons. The molecular formula is C19H26O6SSi. The Kier molecular flexibility index (Phi) is 8.17. The van der Waals surface area contributed by atoms with Crippen LogP contribution >= 0.6 is 0 Å². The van der Waals surface area contributed by atoms with Gasteiger partial charge in [0.25, 0.3) is 0 Å². The summed E-state index contributed by atoms with van der Waals surface area (Å²) < 4.78 is 36.4. The molecule has 0 fully saturated rings. The van der Waals surface area contributed by atoms with E-state index in [9.17, 15) is 18.0 Å². The molecule has 0 aliphatic heterocycles. The summed E-state index contributed by atoms with van der Waals surface area (Å²) in [4.78, 5) is 24.0. The van der Waals surface area contributed by atoms with E-state index in [0.29, 0.717) is 5.20 Å². The molecule has 0 atom stereocenters. The molecule has 0 aliphatic rings. The average Bonchev–Trinajstić information content (AvgIpc) is 2.58. The third-order valence-electron chi connectivity index (χ3n) is 3.50. The molecule has 0 saturated heterocycles. The lowest BCUT2D eigenvalue weighted by atomic mass is 10.4. The fraction of sp³-hybridized carbons (Fsp3) is 0.368. The molecule has 27 heavy (non-hydrogen) atoms. The van der Waals surface area contributed by atoms with Crippen molar-refractivity contribution in [3.8, 4) is 0 Å². The topological polar surface area (TPSA) is 86.7 Å². The van der Waals surface area contributed by atoms with Gasteiger partial charge in [-0.05, 0) is 31.2 Å². The molecule has 6 nitrogen and oxygen atoms in total. The molecule has 0 saturated carbocycles. The van der Waals surface area contributed by atoms with Crippen molar-refractivity contribution >= 4 is 29.8 Å². The highest BCUT2D eigenvalue weighted by Gasteiger charge is 2.33. The zero-order chi connectivity index (χ0) is 20.7. The number of hydrogen-bond donors (Lipinski definition) is 0. The lowest BCUT2D eigenvalue weighted by Crippen LogP contribution is -2.29. The molecule has 0 aromatic heterocycles. The van der Waals surface area contributed by atoms with Crippen molar-refractivity contribution in [1.82, 2.24) is 0 Å². The number of rotatable bonds is 8. The number of esters is 2. The van der Waals surface area contributed by atoms with Crippen LogP contribution in [0.3, 0.4) is 0 Å². The lowest BCUT2D eigenvalue weighted by Gasteiger charge is -2.23. The first-order valence-corrected chi connectivity index (χ1v) is 13.6. The largest absolute Gasteiger partial charge is 0.463 e. The molecule has 0 heterocycles. The second kappa shape index (κ2) is 9.66. The van der Waals surface area contributed by atoms with Crippen molar-refractivity contribution in [2.75, 3.05) is 13.2 Å². The first-order chi connectivity index (χ1) is 12.5. The van der Waals surface area contributed by atoms with Crippen molar-refractivity contribution < 1.29 is 27.5 Å². The average molecular weight is 411 g/mol. The SMILES string of the molecule is CCOC(=O)/C=C(\C(=C/C(=O)OCC)S(=O)(=O)c1ccccc1)[Si](C)(C)C. The Morgan fingerprint density at radius 2 is 1.41 bits per heavy atom. The molecule has 0 unspecified atom stereocenters. The van der Waals surface area contributed by atoms with Gasteiger partial charge >= 0.3 is 11.9 Å². The fourth-order valence-corrected chi connectivity index (χ4v) is 6.33. The Balaban J connectivity index is 3.70. The van der Waals surface area contributed by atoms with Gasteiger partial charge < -0.3 is 9.47 Å². The maximum Gasteiger partial charge on any atom is 0.332 e. The molecule has 1 aromatic rings. The van der Waals surface area contributed by atoms with E-state index >= 15 is 0 Å². The first-order valence-electron chi connectivity index (χ1n) is 8.62. The minimum atomic E-state index is -4.04. The number of sulfone groups is 1. The van der Waals surface area contributed by atoms with Crippen molar-refractivity contribution in [3.05, 3.63) is 52.6 Å². The summed E-state index contributed by atoms with van der Waals surface area (Å²) in [6, 6.07) is 7.78. The second-order valence-electron chi connectivity index (χ2n) is 6.64. The van der Waals surface area contributed by atoms with E-state index in [1.165, 1.54) is 18.2 Å². The smallest absolute Gasteiger partial charge is 0.332 e. The van der Waals surface area contributed by atoms with Gasteiger partial charge in [0, 0.05) is 12.2 Å². The zero-order valence-electron chi connectivity index (χ0n) is 16.3. The highest BCUT2D eigenvalue weighted by Crippen LogP contribution is 2.31. The van der Waals surface area contributed by atoms with Gasteiger partial charge in [-0.25, -0.2) is 18.0 Å². The summed E-state index contributed by atoms with van der Waals surface area (Å²) in [5.41, 5.74) is 0. The van der Waals surface area contributed by atoms with Crippen LogP contribution in [0.25, 0.3) is 0 Å². The lowest BCUT2D eigenvalue weighted by molar-refractivity contribution is -0.138. The molecule has 8 heteroatoms. The van der Waals surface area contributed by atoms with Crippen LogP contribution in [0.4, 0.5) is 0 Å². The van der Waals surface area contributed by atoms with Gasteiger partial charge in [0.15, 0.2) is 0 Å². The second-order valence-corrected chi connectivity index (χ2v) is 13.6. The van der Waals surface area contributed by atoms with Crippen molar-refractivity contribution in [1.29, 1.82) is 0 Å². The van der Waals surface area contributed by atoms with Crippen LogP contribution in [0.5, 0.6) is 0 Å². The third-order valence-corrected chi connectivity index (χ3v) is 7.52. The maximum absolute atomic E-state index is 13.3. The standard InChI is InChI=1S/C19H26O6SSi/c1-6-24-18(20)13-16(26(22,23)15-11-9-8-10-12-15)17(27(3,4)5)14-19(21)25-7-2/h8-14H,6-7H2,1-5H3/b16-13+,17-14+. The van der Waals surface area contributed by atoms with Crippen LogP contribution in [0, 0.1) is 0 Å². The number of benzene rings is 1. The molecule has 0 spiro atoms. The van der Waals surface area contributed by atoms with Gasteiger partial charge in [-0.3, -0.25) is 0 Å². The van der Waals surface area contributed by atoms with E-state index in [1.807, 2.05) is 19.6 Å². The Morgan fingerprint density at radius 3 is 1.85 bits per heavy atom. The zero-order valence-corrected chi connectivity index (χ0v) is 18.1. The van der Waals surface area contributed by atoms with Crippen molar-refractivity contribution in [3.63, 3.8) is 0 Å². The predicted octanol–water partition coefficient (Wildman–Crippen LogP) is 3.27. The molecule has 1 rings (SSSR count). The van der Waals surface area contributed by atoms with Crippen LogP contribution in [-0.2, 0) is 28.9 Å². The van der Waals surface area contributed by atoms with Crippen LogP contribution in [0.15, 0.2) is 57.5 Å². The first kappa shape index (κ1) is 22.8. The summed E-state index contributed by atoms with van der Waals surface area (Å²) in [5.74, 6) is -1.42. The quantitative estimate of drug-likeness (QED) is 0.283. The minimum Gasteiger partial charge on any atom is -0.463 e. The van der Waals surface area contributed by atoms with E-state index < -0.39 is 29.8 Å². The van der Waals surface area contributed by atoms with E-state index in [1.54, 1.807) is 32.0 Å². The van der Waals surface area contributed by atoms with E-state index in [2.05, 4.69) is 0 Å². The van der Waals surface area contributed by atoms with Gasteiger partial charge in [0.2, 0.25) is 9.84 Å². The molecule has 0 amide bonds. The summed E-state index contributed by atoms with van der Waals surface area (Å²) >= 11 is 0. The van der Waals surface area contributed by atoms with Crippen LogP contribution in [0.1, 0.15) is 13.8 Å². The minimum absolute atomic E-state index is 0.0357. The highest BCUT2D eigenvalue weighted by molar-refractivity contribution is 7.95. The third kappa shape index (κ3) is 6.48. The Morgan fingerprint density at radius 1 is 0.926 bits per heavy atom. The Bertz CT molecular complexity index is 833. The number of hydrogen-bond acceptors (Lipinski definition) is 6. The Labute approximate surface area is 161 Å². The summed E-state index contributed by atoms with van der Waals surface area (Å²) in [6.45, 7) is 9.22. The highest BCUT2D eigenvalue weighted by atomic mass is 32.2. The maximum atomic E-state index is 13.3. The van der Waals surface area contributed by atoms with Gasteiger partial charge in [0.05, 0.1) is 31.1 Å². The van der Waals surface area contributed by atoms with Crippen molar-refractivity contribution in [2.24, 2.45) is 0 Å². The van der Waals surface area contributed by atoms with E-state index in [-0.39, 0.29) is 23.0 Å². The van der Waals surface area contributed by atoms with Crippen LogP contribution < -0.4 is 0 Å². The number of carbonyl (C=O) groups excluding carboxylic acids is 2. The normalized spacial score (nSPS) is 13.2. The van der Waals surface area contributed by atoms with E-state index in [0.717, 1.165) is 6.08 Å². The Hall–Kier alpha value is -2.19. The number of carbonyl (C=O) groups is 2.